The molecule has 3 heterocycles. The van der Waals surface area contributed by atoms with E-state index in [1.54, 1.807) is 0 Å². The van der Waals surface area contributed by atoms with E-state index in [1.165, 1.54) is 10.9 Å². The molecule has 0 N–H and O–H groups in total. The van der Waals surface area contributed by atoms with Gasteiger partial charge in [-0.25, -0.2) is 4.98 Å². The van der Waals surface area contributed by atoms with Crippen LogP contribution in [0, 0.1) is 19.2 Å². The van der Waals surface area contributed by atoms with Gasteiger partial charge in [0.25, 0.3) is 6.33 Å². The van der Waals surface area contributed by atoms with Crippen molar-refractivity contribution < 1.29 is 9.30 Å². The molecule has 59 heavy (non-hydrogen) atoms. The SMILES string of the molecule is Cc1cccc2c1[n+](-c1c(-c3ccccc3)cccc1-c1ccccc1)[c-]n2-c1cccc(Oc2ccc3c4ccccc4n(-c4cc(C(C)C(C)C)ccn4)c3c2)c1. The number of fused-ring (bicyclic) bond motifs is 4. The summed E-state index contributed by atoms with van der Waals surface area (Å²) >= 11 is 0. The number of aromatic nitrogens is 4. The molecule has 1 atom stereocenters. The summed E-state index contributed by atoms with van der Waals surface area (Å²) in [7, 11) is 0. The number of imidazole rings is 1. The lowest BCUT2D eigenvalue weighted by Gasteiger charge is -2.17. The van der Waals surface area contributed by atoms with Gasteiger partial charge in [0, 0.05) is 23.0 Å². The van der Waals surface area contributed by atoms with E-state index in [0.29, 0.717) is 11.8 Å². The van der Waals surface area contributed by atoms with Gasteiger partial charge >= 0.3 is 0 Å². The van der Waals surface area contributed by atoms with Crippen LogP contribution in [-0.4, -0.2) is 14.1 Å². The molecule has 0 amide bonds. The Labute approximate surface area is 345 Å². The zero-order chi connectivity index (χ0) is 40.0. The number of rotatable bonds is 9. The first-order valence-corrected chi connectivity index (χ1v) is 20.4. The van der Waals surface area contributed by atoms with Crippen LogP contribution in [0.15, 0.2) is 182 Å². The topological polar surface area (TPSA) is 35.9 Å². The molecular formula is C54H44N4O. The van der Waals surface area contributed by atoms with E-state index in [0.717, 1.165) is 84.0 Å². The number of para-hydroxylation sites is 3. The Morgan fingerprint density at radius 2 is 1.22 bits per heavy atom. The Bertz CT molecular complexity index is 3080. The number of ether oxygens (including phenoxy) is 1. The fourth-order valence-electron chi connectivity index (χ4n) is 8.47. The number of pyridine rings is 1. The summed E-state index contributed by atoms with van der Waals surface area (Å²) in [5.74, 6) is 3.32. The Morgan fingerprint density at radius 1 is 0.576 bits per heavy atom. The maximum absolute atomic E-state index is 6.74. The Hall–Kier alpha value is -7.24. The molecule has 1 unspecified atom stereocenters. The molecule has 0 aliphatic carbocycles. The van der Waals surface area contributed by atoms with Crippen molar-refractivity contribution in [3.63, 3.8) is 0 Å². The minimum atomic E-state index is 0.411. The van der Waals surface area contributed by atoms with E-state index in [1.807, 2.05) is 12.3 Å². The first-order chi connectivity index (χ1) is 28.9. The Balaban J connectivity index is 1.09. The maximum atomic E-state index is 6.74. The lowest BCUT2D eigenvalue weighted by atomic mass is 9.91. The first-order valence-electron chi connectivity index (χ1n) is 20.4. The van der Waals surface area contributed by atoms with E-state index in [9.17, 15) is 0 Å². The Morgan fingerprint density at radius 3 is 1.97 bits per heavy atom. The van der Waals surface area contributed by atoms with Gasteiger partial charge in [-0.3, -0.25) is 13.7 Å². The van der Waals surface area contributed by atoms with Gasteiger partial charge in [0.1, 0.15) is 17.3 Å². The number of nitrogens with zero attached hydrogens (tertiary/aromatic N) is 4. The molecule has 0 bridgehead atoms. The smallest absolute Gasteiger partial charge is 0.269 e. The zero-order valence-corrected chi connectivity index (χ0v) is 33.7. The minimum Gasteiger partial charge on any atom is -0.458 e. The summed E-state index contributed by atoms with van der Waals surface area (Å²) in [5.41, 5.74) is 13.4. The number of hydrogen-bond donors (Lipinski definition) is 0. The molecule has 0 aliphatic heterocycles. The Kier molecular flexibility index (Phi) is 9.14. The normalized spacial score (nSPS) is 12.2. The summed E-state index contributed by atoms with van der Waals surface area (Å²) < 4.78 is 13.4. The zero-order valence-electron chi connectivity index (χ0n) is 33.7. The second-order valence-electron chi connectivity index (χ2n) is 15.8. The highest BCUT2D eigenvalue weighted by atomic mass is 16.5. The lowest BCUT2D eigenvalue weighted by Crippen LogP contribution is -2.32. The van der Waals surface area contributed by atoms with Crippen LogP contribution in [0.2, 0.25) is 0 Å². The predicted octanol–water partition coefficient (Wildman–Crippen LogP) is 13.4. The van der Waals surface area contributed by atoms with Gasteiger partial charge in [0.05, 0.1) is 33.4 Å². The van der Waals surface area contributed by atoms with Crippen LogP contribution >= 0.6 is 0 Å². The van der Waals surface area contributed by atoms with Crippen molar-refractivity contribution in [2.24, 2.45) is 5.92 Å². The number of aryl methyl sites for hydroxylation is 1. The largest absolute Gasteiger partial charge is 0.458 e. The third-order valence-corrected chi connectivity index (χ3v) is 11.8. The van der Waals surface area contributed by atoms with Crippen molar-refractivity contribution in [2.75, 3.05) is 0 Å². The van der Waals surface area contributed by atoms with Crippen molar-refractivity contribution >= 4 is 32.8 Å². The van der Waals surface area contributed by atoms with Crippen molar-refractivity contribution in [3.8, 4) is 50.9 Å². The van der Waals surface area contributed by atoms with Crippen LogP contribution < -0.4 is 9.30 Å². The molecule has 3 aromatic heterocycles. The summed E-state index contributed by atoms with van der Waals surface area (Å²) in [4.78, 5) is 4.90. The average Bonchev–Trinajstić information content (AvgIpc) is 3.83. The van der Waals surface area contributed by atoms with Gasteiger partial charge < -0.3 is 4.74 Å². The van der Waals surface area contributed by atoms with Crippen LogP contribution in [0.4, 0.5) is 0 Å². The quantitative estimate of drug-likeness (QED) is 0.108. The fourth-order valence-corrected chi connectivity index (χ4v) is 8.47. The van der Waals surface area contributed by atoms with Gasteiger partial charge in [-0.2, -0.15) is 0 Å². The molecular weight excluding hydrogens is 721 g/mol. The highest BCUT2D eigenvalue weighted by molar-refractivity contribution is 6.09. The summed E-state index contributed by atoms with van der Waals surface area (Å²) in [6.45, 7) is 9.00. The van der Waals surface area contributed by atoms with Crippen LogP contribution in [0.1, 0.15) is 37.8 Å². The molecule has 0 fully saturated rings. The summed E-state index contributed by atoms with van der Waals surface area (Å²) in [6, 6.07) is 61.9. The summed E-state index contributed by atoms with van der Waals surface area (Å²) in [6.07, 6.45) is 5.76. The van der Waals surface area contributed by atoms with Crippen molar-refractivity contribution in [1.29, 1.82) is 0 Å². The van der Waals surface area contributed by atoms with E-state index in [4.69, 9.17) is 9.72 Å². The molecule has 0 saturated heterocycles. The molecule has 286 valence electrons. The highest BCUT2D eigenvalue weighted by Gasteiger charge is 2.21. The van der Waals surface area contributed by atoms with Crippen LogP contribution in [0.5, 0.6) is 11.5 Å². The maximum Gasteiger partial charge on any atom is 0.269 e. The molecule has 0 spiro atoms. The van der Waals surface area contributed by atoms with Gasteiger partial charge in [0.2, 0.25) is 0 Å². The predicted molar refractivity (Wildman–Crippen MR) is 241 cm³/mol. The third kappa shape index (κ3) is 6.45. The molecule has 0 aliphatic rings. The van der Waals surface area contributed by atoms with Crippen LogP contribution in [0.3, 0.4) is 0 Å². The lowest BCUT2D eigenvalue weighted by molar-refractivity contribution is -0.571. The van der Waals surface area contributed by atoms with E-state index in [-0.39, 0.29) is 0 Å². The molecule has 10 rings (SSSR count). The van der Waals surface area contributed by atoms with Crippen molar-refractivity contribution in [1.82, 2.24) is 14.1 Å². The third-order valence-electron chi connectivity index (χ3n) is 11.8. The second-order valence-corrected chi connectivity index (χ2v) is 15.8. The second kappa shape index (κ2) is 14.9. The van der Waals surface area contributed by atoms with Gasteiger partial charge in [0.15, 0.2) is 0 Å². The monoisotopic (exact) mass is 764 g/mol. The van der Waals surface area contributed by atoms with Crippen molar-refractivity contribution in [3.05, 3.63) is 200 Å². The first kappa shape index (κ1) is 36.1. The standard InChI is InChI=1S/C54H44N4O/c1-36(2)38(4)41-30-31-55-52(32-41)58-49-26-12-11-23-47(49)48-29-28-44(34-51(48)58)59-43-22-14-21-42(33-43)56-35-57(53-37(3)16-13-27-50(53)56)54-45(39-17-7-5-8-18-39)24-15-25-46(54)40-19-9-6-10-20-40/h5-34,36,38H,1-4H3. The molecule has 0 saturated carbocycles. The highest BCUT2D eigenvalue weighted by Crippen LogP contribution is 2.38. The van der Waals surface area contributed by atoms with Crippen LogP contribution in [0.25, 0.3) is 72.3 Å². The van der Waals surface area contributed by atoms with Gasteiger partial charge in [-0.1, -0.05) is 142 Å². The average molecular weight is 765 g/mol. The summed E-state index contributed by atoms with van der Waals surface area (Å²) in [5, 5.41) is 2.34. The molecule has 0 radical (unpaired) electrons. The van der Waals surface area contributed by atoms with Gasteiger partial charge in [-0.15, -0.1) is 0 Å². The molecule has 5 heteroatoms. The molecule has 7 aromatic carbocycles. The fraction of sp³-hybridized carbons (Fsp3) is 0.111. The number of hydrogen-bond acceptors (Lipinski definition) is 2. The molecule has 10 aromatic rings. The van der Waals surface area contributed by atoms with E-state index >= 15 is 0 Å². The van der Waals surface area contributed by atoms with E-state index in [2.05, 4.69) is 218 Å². The van der Waals surface area contributed by atoms with Gasteiger partial charge in [-0.05, 0) is 101 Å². The molecule has 5 nitrogen and oxygen atoms in total. The van der Waals surface area contributed by atoms with E-state index < -0.39 is 0 Å². The van der Waals surface area contributed by atoms with Crippen molar-refractivity contribution in [2.45, 2.75) is 33.6 Å². The van der Waals surface area contributed by atoms with Crippen LogP contribution in [-0.2, 0) is 0 Å². The minimum absolute atomic E-state index is 0.411. The number of benzene rings is 7.